The van der Waals surface area contributed by atoms with Crippen molar-refractivity contribution in [3.63, 3.8) is 0 Å². The van der Waals surface area contributed by atoms with Crippen LogP contribution in [0.1, 0.15) is 30.0 Å². The van der Waals surface area contributed by atoms with Crippen molar-refractivity contribution in [2.75, 3.05) is 27.2 Å². The number of aromatic nitrogens is 1. The fourth-order valence-electron chi connectivity index (χ4n) is 4.94. The molecule has 0 aliphatic rings. The highest BCUT2D eigenvalue weighted by Gasteiger charge is 2.20. The predicted molar refractivity (Wildman–Crippen MR) is 145 cm³/mol. The summed E-state index contributed by atoms with van der Waals surface area (Å²) in [7, 11) is 4.20. The number of pyridine rings is 1. The van der Waals surface area contributed by atoms with E-state index in [2.05, 4.69) is 91.0 Å². The van der Waals surface area contributed by atoms with Crippen LogP contribution in [0.25, 0.3) is 27.7 Å². The van der Waals surface area contributed by atoms with E-state index in [9.17, 15) is 0 Å². The van der Waals surface area contributed by atoms with E-state index in [1.807, 2.05) is 18.2 Å². The summed E-state index contributed by atoms with van der Waals surface area (Å²) in [5.41, 5.74) is 10.2. The molecular formula is C31H34N2O2. The highest BCUT2D eigenvalue weighted by Crippen LogP contribution is 2.39. The van der Waals surface area contributed by atoms with Crippen LogP contribution in [-0.4, -0.2) is 36.5 Å². The van der Waals surface area contributed by atoms with Crippen LogP contribution in [-0.2, 0) is 24.4 Å². The third-order valence-corrected chi connectivity index (χ3v) is 6.63. The van der Waals surface area contributed by atoms with Crippen LogP contribution in [0.4, 0.5) is 0 Å². The molecule has 0 saturated heterocycles. The smallest absolute Gasteiger partial charge is 0.119 e. The van der Waals surface area contributed by atoms with Crippen LogP contribution in [0.2, 0.25) is 0 Å². The molecule has 4 heteroatoms. The van der Waals surface area contributed by atoms with E-state index in [0.29, 0.717) is 13.2 Å². The molecule has 0 fully saturated rings. The second-order valence-corrected chi connectivity index (χ2v) is 9.40. The van der Waals surface area contributed by atoms with Gasteiger partial charge in [-0.1, -0.05) is 55.5 Å². The zero-order valence-electron chi connectivity index (χ0n) is 21.0. The molecule has 0 atom stereocenters. The second-order valence-electron chi connectivity index (χ2n) is 9.40. The summed E-state index contributed by atoms with van der Waals surface area (Å²) in [4.78, 5) is 2.20. The summed E-state index contributed by atoms with van der Waals surface area (Å²) in [5.74, 6) is 0.888. The van der Waals surface area contributed by atoms with Crippen molar-refractivity contribution in [3.8, 4) is 16.9 Å². The van der Waals surface area contributed by atoms with Gasteiger partial charge in [-0.2, -0.15) is 0 Å². The Morgan fingerprint density at radius 1 is 0.800 bits per heavy atom. The summed E-state index contributed by atoms with van der Waals surface area (Å²) >= 11 is 0. The van der Waals surface area contributed by atoms with E-state index in [0.717, 1.165) is 31.7 Å². The van der Waals surface area contributed by atoms with Crippen LogP contribution in [0, 0.1) is 0 Å². The molecule has 0 spiro atoms. The quantitative estimate of drug-likeness (QED) is 0.200. The number of ether oxygens (including phenoxy) is 2. The fourth-order valence-corrected chi connectivity index (χ4v) is 4.94. The zero-order valence-corrected chi connectivity index (χ0v) is 21.0. The van der Waals surface area contributed by atoms with Crippen molar-refractivity contribution >= 4 is 16.6 Å². The van der Waals surface area contributed by atoms with Gasteiger partial charge in [0.2, 0.25) is 0 Å². The molecule has 5 rings (SSSR count). The molecule has 35 heavy (non-hydrogen) atoms. The Morgan fingerprint density at radius 3 is 2.31 bits per heavy atom. The Morgan fingerprint density at radius 2 is 1.57 bits per heavy atom. The van der Waals surface area contributed by atoms with Crippen LogP contribution in [0.15, 0.2) is 78.9 Å². The molecular weight excluding hydrogens is 432 g/mol. The molecule has 3 aromatic heterocycles. The number of benzene rings is 2. The van der Waals surface area contributed by atoms with Gasteiger partial charge in [-0.3, -0.25) is 0 Å². The third-order valence-electron chi connectivity index (χ3n) is 6.63. The first-order valence-electron chi connectivity index (χ1n) is 12.5. The maximum Gasteiger partial charge on any atom is 0.119 e. The largest absolute Gasteiger partial charge is 0.489 e. The van der Waals surface area contributed by atoms with E-state index in [-0.39, 0.29) is 0 Å². The van der Waals surface area contributed by atoms with Gasteiger partial charge in [0.05, 0.1) is 23.2 Å². The Bertz CT molecular complexity index is 1370. The van der Waals surface area contributed by atoms with E-state index >= 15 is 0 Å². The highest BCUT2D eigenvalue weighted by molar-refractivity contribution is 5.96. The van der Waals surface area contributed by atoms with Gasteiger partial charge >= 0.3 is 0 Å². The number of rotatable bonds is 11. The fraction of sp³-hybridized carbons (Fsp3) is 0.290. The Hall–Kier alpha value is -3.34. The standard InChI is InChI=1S/C31H34N2O2/c1-4-27-29-13-8-12-28-25(22-34-19-9-18-32(2)3)20-30(33(28)29)31(27)24-14-16-26(17-15-24)35-21-23-10-6-5-7-11-23/h5-8,10-17,20H,4,9,18-19,21-22H2,1-3H3. The lowest BCUT2D eigenvalue weighted by Gasteiger charge is -2.09. The number of nitrogens with zero attached hydrogens (tertiary/aromatic N) is 2. The topological polar surface area (TPSA) is 26.1 Å². The lowest BCUT2D eigenvalue weighted by Crippen LogP contribution is -2.14. The van der Waals surface area contributed by atoms with E-state index in [1.165, 1.54) is 44.4 Å². The number of aryl methyl sites for hydroxylation is 1. The molecule has 0 amide bonds. The van der Waals surface area contributed by atoms with Gasteiger partial charge in [0.15, 0.2) is 0 Å². The monoisotopic (exact) mass is 466 g/mol. The van der Waals surface area contributed by atoms with E-state index in [4.69, 9.17) is 9.47 Å². The van der Waals surface area contributed by atoms with Crippen LogP contribution in [0.3, 0.4) is 0 Å². The van der Waals surface area contributed by atoms with Crippen molar-refractivity contribution in [1.82, 2.24) is 9.30 Å². The van der Waals surface area contributed by atoms with Crippen LogP contribution in [0.5, 0.6) is 5.75 Å². The van der Waals surface area contributed by atoms with Gasteiger partial charge in [-0.25, -0.2) is 0 Å². The SMILES string of the molecule is CCc1c(-c2ccc(OCc3ccccc3)cc2)c2cc(COCCCN(C)C)c3cccc1n32. The van der Waals surface area contributed by atoms with Gasteiger partial charge in [0, 0.05) is 17.7 Å². The molecule has 0 aliphatic carbocycles. The average molecular weight is 467 g/mol. The molecule has 0 saturated carbocycles. The van der Waals surface area contributed by atoms with Crippen LogP contribution < -0.4 is 4.74 Å². The maximum atomic E-state index is 6.06. The van der Waals surface area contributed by atoms with Gasteiger partial charge in [-0.15, -0.1) is 0 Å². The first kappa shape index (κ1) is 23.4. The number of hydrogen-bond donors (Lipinski definition) is 0. The molecule has 4 nitrogen and oxygen atoms in total. The minimum absolute atomic E-state index is 0.575. The summed E-state index contributed by atoms with van der Waals surface area (Å²) in [6, 6.07) is 27.8. The van der Waals surface area contributed by atoms with Crippen molar-refractivity contribution in [2.45, 2.75) is 33.0 Å². The minimum atomic E-state index is 0.575. The summed E-state index contributed by atoms with van der Waals surface area (Å²) in [5, 5.41) is 0. The van der Waals surface area contributed by atoms with Crippen molar-refractivity contribution in [3.05, 3.63) is 95.6 Å². The van der Waals surface area contributed by atoms with Gasteiger partial charge in [0.25, 0.3) is 0 Å². The van der Waals surface area contributed by atoms with Crippen LogP contribution >= 0.6 is 0 Å². The highest BCUT2D eigenvalue weighted by atomic mass is 16.5. The maximum absolute atomic E-state index is 6.06. The minimum Gasteiger partial charge on any atom is -0.489 e. The predicted octanol–water partition coefficient (Wildman–Crippen LogP) is 6.81. The first-order valence-corrected chi connectivity index (χ1v) is 12.5. The summed E-state index contributed by atoms with van der Waals surface area (Å²) in [6.07, 6.45) is 2.03. The molecule has 180 valence electrons. The summed E-state index contributed by atoms with van der Waals surface area (Å²) < 4.78 is 14.5. The average Bonchev–Trinajstić information content (AvgIpc) is 3.41. The molecule has 2 aromatic carbocycles. The normalized spacial score (nSPS) is 11.8. The molecule has 5 aromatic rings. The van der Waals surface area contributed by atoms with Crippen molar-refractivity contribution in [1.29, 1.82) is 0 Å². The van der Waals surface area contributed by atoms with E-state index < -0.39 is 0 Å². The van der Waals surface area contributed by atoms with Crippen molar-refractivity contribution in [2.24, 2.45) is 0 Å². The lowest BCUT2D eigenvalue weighted by molar-refractivity contribution is 0.114. The lowest BCUT2D eigenvalue weighted by atomic mass is 9.99. The van der Waals surface area contributed by atoms with Gasteiger partial charge in [-0.05, 0) is 80.5 Å². The molecule has 0 radical (unpaired) electrons. The van der Waals surface area contributed by atoms with Crippen molar-refractivity contribution < 1.29 is 9.47 Å². The zero-order chi connectivity index (χ0) is 24.2. The molecule has 0 unspecified atom stereocenters. The Labute approximate surface area is 208 Å². The third kappa shape index (κ3) is 4.90. The first-order chi connectivity index (χ1) is 17.2. The summed E-state index contributed by atoms with van der Waals surface area (Å²) in [6.45, 7) is 5.28. The number of hydrogen-bond acceptors (Lipinski definition) is 3. The molecule has 0 aliphatic heterocycles. The Balaban J connectivity index is 1.41. The van der Waals surface area contributed by atoms with Gasteiger partial charge in [0.1, 0.15) is 12.4 Å². The molecule has 0 N–H and O–H groups in total. The molecule has 0 bridgehead atoms. The van der Waals surface area contributed by atoms with E-state index in [1.54, 1.807) is 0 Å². The molecule has 3 heterocycles. The second kappa shape index (κ2) is 10.5. The Kier molecular flexibility index (Phi) is 7.03. The van der Waals surface area contributed by atoms with Gasteiger partial charge < -0.3 is 18.8 Å².